The molecule has 9 heteroatoms. The van der Waals surface area contributed by atoms with Crippen LogP contribution in [0.1, 0.15) is 15.2 Å². The Labute approximate surface area is 144 Å². The maximum absolute atomic E-state index is 12.3. The Hall–Kier alpha value is -0.840. The molecular weight excluding hydrogens is 449 g/mol. The fourth-order valence-electron chi connectivity index (χ4n) is 1.56. The normalized spacial score (nSPS) is 11.4. The predicted octanol–water partition coefficient (Wildman–Crippen LogP) is 3.81. The van der Waals surface area contributed by atoms with Gasteiger partial charge in [-0.05, 0) is 59.3 Å². The molecule has 0 saturated carbocycles. The van der Waals surface area contributed by atoms with E-state index in [-0.39, 0.29) is 19.8 Å². The summed E-state index contributed by atoms with van der Waals surface area (Å²) in [5, 5.41) is 9.26. The van der Waals surface area contributed by atoms with E-state index in [1.807, 2.05) is 0 Å². The standard InChI is InChI=1S/C12H9ClINO4S2/c1-6-4-10(20-11(6)12(16)17)21(18,19)15-9-3-2-7(14)5-8(9)13/h2-5,15H,1H3,(H,16,17). The number of carbonyl (C=O) groups is 1. The van der Waals surface area contributed by atoms with E-state index in [9.17, 15) is 13.2 Å². The number of nitrogens with one attached hydrogen (secondary N) is 1. The third-order valence-corrected chi connectivity index (χ3v) is 6.58. The van der Waals surface area contributed by atoms with Gasteiger partial charge < -0.3 is 5.11 Å². The van der Waals surface area contributed by atoms with Crippen molar-refractivity contribution in [3.63, 3.8) is 0 Å². The molecular formula is C12H9ClINO4S2. The average Bonchev–Trinajstić information content (AvgIpc) is 2.76. The van der Waals surface area contributed by atoms with Crippen molar-refractivity contribution in [2.75, 3.05) is 4.72 Å². The number of benzene rings is 1. The molecule has 0 radical (unpaired) electrons. The lowest BCUT2D eigenvalue weighted by molar-refractivity contribution is 0.0701. The Morgan fingerprint density at radius 1 is 1.38 bits per heavy atom. The molecule has 0 aliphatic carbocycles. The zero-order chi connectivity index (χ0) is 15.8. The fraction of sp³-hybridized carbons (Fsp3) is 0.0833. The third-order valence-electron chi connectivity index (χ3n) is 2.53. The first-order valence-corrected chi connectivity index (χ1v) is 9.28. The molecule has 0 amide bonds. The van der Waals surface area contributed by atoms with Crippen LogP contribution in [0, 0.1) is 10.5 Å². The monoisotopic (exact) mass is 457 g/mol. The van der Waals surface area contributed by atoms with Crippen molar-refractivity contribution in [3.8, 4) is 0 Å². The number of halogens is 2. The topological polar surface area (TPSA) is 83.5 Å². The van der Waals surface area contributed by atoms with Gasteiger partial charge in [-0.2, -0.15) is 0 Å². The lowest BCUT2D eigenvalue weighted by Crippen LogP contribution is -2.11. The van der Waals surface area contributed by atoms with Crippen molar-refractivity contribution in [3.05, 3.63) is 43.3 Å². The number of aryl methyl sites for hydroxylation is 1. The SMILES string of the molecule is Cc1cc(S(=O)(=O)Nc2ccc(I)cc2Cl)sc1C(=O)O. The number of hydrogen-bond acceptors (Lipinski definition) is 4. The summed E-state index contributed by atoms with van der Waals surface area (Å²) in [4.78, 5) is 11.0. The predicted molar refractivity (Wildman–Crippen MR) is 91.0 cm³/mol. The van der Waals surface area contributed by atoms with Crippen molar-refractivity contribution in [1.82, 2.24) is 0 Å². The first kappa shape index (κ1) is 16.5. The van der Waals surface area contributed by atoms with Gasteiger partial charge in [-0.1, -0.05) is 11.6 Å². The van der Waals surface area contributed by atoms with Crippen LogP contribution < -0.4 is 4.72 Å². The highest BCUT2D eigenvalue weighted by molar-refractivity contribution is 14.1. The van der Waals surface area contributed by atoms with Gasteiger partial charge in [-0.15, -0.1) is 11.3 Å². The Balaban J connectivity index is 2.38. The summed E-state index contributed by atoms with van der Waals surface area (Å²) in [6.07, 6.45) is 0. The van der Waals surface area contributed by atoms with Crippen LogP contribution in [0.2, 0.25) is 5.02 Å². The summed E-state index contributed by atoms with van der Waals surface area (Å²) in [6, 6.07) is 6.23. The van der Waals surface area contributed by atoms with Gasteiger partial charge in [0.05, 0.1) is 10.7 Å². The Morgan fingerprint density at radius 2 is 2.05 bits per heavy atom. The van der Waals surface area contributed by atoms with Gasteiger partial charge in [0.2, 0.25) is 0 Å². The summed E-state index contributed by atoms with van der Waals surface area (Å²) in [5.74, 6) is -1.15. The summed E-state index contributed by atoms with van der Waals surface area (Å²) < 4.78 is 27.7. The highest BCUT2D eigenvalue weighted by atomic mass is 127. The summed E-state index contributed by atoms with van der Waals surface area (Å²) in [6.45, 7) is 1.55. The number of aromatic carboxylic acids is 1. The lowest BCUT2D eigenvalue weighted by Gasteiger charge is -2.08. The molecule has 1 aromatic heterocycles. The van der Waals surface area contributed by atoms with E-state index in [1.165, 1.54) is 6.07 Å². The molecule has 0 saturated heterocycles. The molecule has 0 atom stereocenters. The van der Waals surface area contributed by atoms with E-state index >= 15 is 0 Å². The molecule has 5 nitrogen and oxygen atoms in total. The Morgan fingerprint density at radius 3 is 2.57 bits per heavy atom. The summed E-state index contributed by atoms with van der Waals surface area (Å²) in [5.41, 5.74) is 0.654. The van der Waals surface area contributed by atoms with E-state index < -0.39 is 16.0 Å². The summed E-state index contributed by atoms with van der Waals surface area (Å²) >= 11 is 8.76. The van der Waals surface area contributed by atoms with Crippen molar-refractivity contribution < 1.29 is 18.3 Å². The number of hydrogen-bond donors (Lipinski definition) is 2. The second-order valence-electron chi connectivity index (χ2n) is 4.11. The van der Waals surface area contributed by atoms with Gasteiger partial charge >= 0.3 is 5.97 Å². The smallest absolute Gasteiger partial charge is 0.346 e. The number of carboxylic acids is 1. The zero-order valence-corrected chi connectivity index (χ0v) is 15.1. The van der Waals surface area contributed by atoms with Crippen molar-refractivity contribution in [1.29, 1.82) is 0 Å². The van der Waals surface area contributed by atoms with Crippen LogP contribution in [0.3, 0.4) is 0 Å². The average molecular weight is 458 g/mol. The van der Waals surface area contributed by atoms with Gasteiger partial charge in [0.25, 0.3) is 10.0 Å². The maximum Gasteiger partial charge on any atom is 0.346 e. The second kappa shape index (κ2) is 6.11. The Kier molecular flexibility index (Phi) is 4.81. The molecule has 2 aromatic rings. The van der Waals surface area contributed by atoms with Gasteiger partial charge in [0, 0.05) is 3.57 Å². The zero-order valence-electron chi connectivity index (χ0n) is 10.6. The minimum atomic E-state index is -3.87. The van der Waals surface area contributed by atoms with Crippen LogP contribution >= 0.6 is 45.5 Å². The number of sulfonamides is 1. The Bertz CT molecular complexity index is 817. The van der Waals surface area contributed by atoms with Crippen LogP contribution in [-0.2, 0) is 10.0 Å². The van der Waals surface area contributed by atoms with E-state index in [0.29, 0.717) is 16.9 Å². The van der Waals surface area contributed by atoms with E-state index in [0.717, 1.165) is 3.57 Å². The van der Waals surface area contributed by atoms with Crippen LogP contribution in [0.25, 0.3) is 0 Å². The molecule has 0 aliphatic rings. The minimum Gasteiger partial charge on any atom is -0.477 e. The molecule has 0 spiro atoms. The first-order chi connectivity index (χ1) is 9.70. The molecule has 1 heterocycles. The molecule has 112 valence electrons. The maximum atomic E-state index is 12.3. The second-order valence-corrected chi connectivity index (χ2v) is 8.73. The van der Waals surface area contributed by atoms with E-state index in [1.54, 1.807) is 25.1 Å². The largest absolute Gasteiger partial charge is 0.477 e. The van der Waals surface area contributed by atoms with Crippen LogP contribution in [0.4, 0.5) is 5.69 Å². The van der Waals surface area contributed by atoms with Gasteiger partial charge in [-0.3, -0.25) is 4.72 Å². The van der Waals surface area contributed by atoms with Crippen molar-refractivity contribution >= 4 is 67.2 Å². The van der Waals surface area contributed by atoms with Gasteiger partial charge in [-0.25, -0.2) is 13.2 Å². The van der Waals surface area contributed by atoms with E-state index in [4.69, 9.17) is 16.7 Å². The first-order valence-electron chi connectivity index (χ1n) is 5.52. The van der Waals surface area contributed by atoms with Gasteiger partial charge in [0.1, 0.15) is 9.09 Å². The van der Waals surface area contributed by atoms with E-state index in [2.05, 4.69) is 27.3 Å². The van der Waals surface area contributed by atoms with Crippen molar-refractivity contribution in [2.45, 2.75) is 11.1 Å². The third kappa shape index (κ3) is 3.68. The van der Waals surface area contributed by atoms with Crippen LogP contribution in [0.5, 0.6) is 0 Å². The molecule has 1 aromatic carbocycles. The highest BCUT2D eigenvalue weighted by Gasteiger charge is 2.22. The fourth-order valence-corrected chi connectivity index (χ4v) is 4.98. The highest BCUT2D eigenvalue weighted by Crippen LogP contribution is 2.30. The quantitative estimate of drug-likeness (QED) is 0.684. The number of carboxylic acid groups (broad SMARTS) is 1. The molecule has 21 heavy (non-hydrogen) atoms. The molecule has 2 N–H and O–H groups in total. The van der Waals surface area contributed by atoms with Gasteiger partial charge in [0.15, 0.2) is 0 Å². The minimum absolute atomic E-state index is 0.00378. The lowest BCUT2D eigenvalue weighted by atomic mass is 10.3. The molecule has 0 unspecified atom stereocenters. The molecule has 0 bridgehead atoms. The molecule has 0 aliphatic heterocycles. The van der Waals surface area contributed by atoms with Crippen LogP contribution in [-0.4, -0.2) is 19.5 Å². The molecule has 2 rings (SSSR count). The number of anilines is 1. The van der Waals surface area contributed by atoms with Crippen molar-refractivity contribution in [2.24, 2.45) is 0 Å². The number of rotatable bonds is 4. The van der Waals surface area contributed by atoms with Crippen LogP contribution in [0.15, 0.2) is 28.5 Å². The summed E-state index contributed by atoms with van der Waals surface area (Å²) in [7, 11) is -3.87. The molecule has 0 fully saturated rings. The number of thiophene rings is 1.